The summed E-state index contributed by atoms with van der Waals surface area (Å²) in [6.07, 6.45) is 1.14. The number of hydrogen-bond donors (Lipinski definition) is 2. The molecular weight excluding hydrogens is 353 g/mol. The minimum atomic E-state index is -0.829. The van der Waals surface area contributed by atoms with E-state index in [-0.39, 0.29) is 23.6 Å². The Hall–Kier alpha value is -3.75. The standard InChI is InChI=1S/C18H16FN5O3/c1-23(17(26)12-7-8-21-13(19)9-12)14-15(20)24(18(27)22-16(14)25)10-11-5-3-2-4-6-11/h2-9H,10,20H2,1H3,(H,22,25,27). The maximum atomic E-state index is 13.3. The van der Waals surface area contributed by atoms with Crippen molar-refractivity contribution < 1.29 is 9.18 Å². The number of rotatable bonds is 4. The van der Waals surface area contributed by atoms with Gasteiger partial charge in [0.2, 0.25) is 5.95 Å². The molecule has 0 saturated heterocycles. The molecule has 0 unspecified atom stereocenters. The Labute approximate surface area is 152 Å². The minimum absolute atomic E-state index is 0.00962. The fraction of sp³-hybridized carbons (Fsp3) is 0.111. The Bertz CT molecular complexity index is 1110. The molecule has 2 aromatic heterocycles. The predicted octanol–water partition coefficient (Wildman–Crippen LogP) is 0.978. The van der Waals surface area contributed by atoms with E-state index in [0.29, 0.717) is 0 Å². The average Bonchev–Trinajstić information content (AvgIpc) is 2.65. The largest absolute Gasteiger partial charge is 0.383 e. The first-order chi connectivity index (χ1) is 12.9. The molecule has 0 radical (unpaired) electrons. The second kappa shape index (κ2) is 7.24. The molecule has 0 aliphatic carbocycles. The van der Waals surface area contributed by atoms with Crippen molar-refractivity contribution in [3.63, 3.8) is 0 Å². The normalized spacial score (nSPS) is 10.6. The molecule has 0 fully saturated rings. The van der Waals surface area contributed by atoms with E-state index >= 15 is 0 Å². The number of anilines is 2. The second-order valence-corrected chi connectivity index (χ2v) is 5.80. The molecule has 0 spiro atoms. The van der Waals surface area contributed by atoms with Crippen LogP contribution in [0.3, 0.4) is 0 Å². The highest BCUT2D eigenvalue weighted by Gasteiger charge is 2.22. The van der Waals surface area contributed by atoms with Gasteiger partial charge in [0.15, 0.2) is 5.69 Å². The maximum Gasteiger partial charge on any atom is 0.330 e. The zero-order valence-electron chi connectivity index (χ0n) is 14.3. The van der Waals surface area contributed by atoms with Crippen LogP contribution >= 0.6 is 0 Å². The number of H-pyrrole nitrogens is 1. The lowest BCUT2D eigenvalue weighted by Crippen LogP contribution is -2.39. The van der Waals surface area contributed by atoms with Gasteiger partial charge in [-0.05, 0) is 11.6 Å². The fourth-order valence-corrected chi connectivity index (χ4v) is 2.66. The Kier molecular flexibility index (Phi) is 4.84. The molecule has 2 heterocycles. The summed E-state index contributed by atoms with van der Waals surface area (Å²) in [5.74, 6) is -1.67. The summed E-state index contributed by atoms with van der Waals surface area (Å²) in [6.45, 7) is 0.112. The van der Waals surface area contributed by atoms with Crippen molar-refractivity contribution in [2.75, 3.05) is 17.7 Å². The lowest BCUT2D eigenvalue weighted by molar-refractivity contribution is 0.0992. The number of carbonyl (C=O) groups excluding carboxylic acids is 1. The summed E-state index contributed by atoms with van der Waals surface area (Å²) in [5.41, 5.74) is 5.11. The van der Waals surface area contributed by atoms with E-state index in [0.717, 1.165) is 27.3 Å². The van der Waals surface area contributed by atoms with Crippen LogP contribution in [0.2, 0.25) is 0 Å². The number of nitrogen functional groups attached to an aromatic ring is 1. The number of aromatic nitrogens is 3. The van der Waals surface area contributed by atoms with Crippen LogP contribution in [-0.4, -0.2) is 27.5 Å². The van der Waals surface area contributed by atoms with Gasteiger partial charge in [-0.25, -0.2) is 9.78 Å². The molecule has 3 N–H and O–H groups in total. The van der Waals surface area contributed by atoms with Gasteiger partial charge < -0.3 is 10.6 Å². The van der Waals surface area contributed by atoms with Crippen molar-refractivity contribution in [2.45, 2.75) is 6.54 Å². The highest BCUT2D eigenvalue weighted by atomic mass is 19.1. The average molecular weight is 369 g/mol. The summed E-state index contributed by atoms with van der Waals surface area (Å²) < 4.78 is 14.4. The van der Waals surface area contributed by atoms with Crippen LogP contribution < -0.4 is 21.9 Å². The summed E-state index contributed by atoms with van der Waals surface area (Å²) >= 11 is 0. The Morgan fingerprint density at radius 3 is 2.63 bits per heavy atom. The Balaban J connectivity index is 2.05. The van der Waals surface area contributed by atoms with Gasteiger partial charge in [-0.2, -0.15) is 4.39 Å². The monoisotopic (exact) mass is 369 g/mol. The smallest absolute Gasteiger partial charge is 0.330 e. The van der Waals surface area contributed by atoms with Gasteiger partial charge in [0.25, 0.3) is 11.5 Å². The molecule has 3 rings (SSSR count). The number of nitrogens with two attached hydrogens (primary N) is 1. The van der Waals surface area contributed by atoms with Crippen molar-refractivity contribution in [2.24, 2.45) is 0 Å². The second-order valence-electron chi connectivity index (χ2n) is 5.80. The van der Waals surface area contributed by atoms with E-state index in [1.807, 2.05) is 6.07 Å². The molecule has 0 aliphatic heterocycles. The van der Waals surface area contributed by atoms with Crippen LogP contribution in [0.5, 0.6) is 0 Å². The highest BCUT2D eigenvalue weighted by Crippen LogP contribution is 2.18. The Morgan fingerprint density at radius 1 is 1.26 bits per heavy atom. The number of nitrogens with one attached hydrogen (secondary N) is 1. The first-order valence-electron chi connectivity index (χ1n) is 7.94. The van der Waals surface area contributed by atoms with E-state index in [1.165, 1.54) is 13.1 Å². The van der Waals surface area contributed by atoms with Crippen LogP contribution in [-0.2, 0) is 6.54 Å². The van der Waals surface area contributed by atoms with Crippen LogP contribution in [0.25, 0.3) is 0 Å². The minimum Gasteiger partial charge on any atom is -0.383 e. The number of pyridine rings is 1. The van der Waals surface area contributed by atoms with Crippen LogP contribution in [0.4, 0.5) is 15.9 Å². The topological polar surface area (TPSA) is 114 Å². The van der Waals surface area contributed by atoms with Gasteiger partial charge in [0.05, 0.1) is 6.54 Å². The first-order valence-corrected chi connectivity index (χ1v) is 7.94. The molecule has 1 amide bonds. The predicted molar refractivity (Wildman–Crippen MR) is 98.2 cm³/mol. The number of amides is 1. The zero-order valence-corrected chi connectivity index (χ0v) is 14.3. The number of halogens is 1. The highest BCUT2D eigenvalue weighted by molar-refractivity contribution is 6.06. The lowest BCUT2D eigenvalue weighted by atomic mass is 10.2. The van der Waals surface area contributed by atoms with Gasteiger partial charge in [0.1, 0.15) is 5.82 Å². The molecule has 1 aromatic carbocycles. The van der Waals surface area contributed by atoms with E-state index in [4.69, 9.17) is 5.73 Å². The van der Waals surface area contributed by atoms with E-state index in [1.54, 1.807) is 24.3 Å². The molecule has 9 heteroatoms. The summed E-state index contributed by atoms with van der Waals surface area (Å²) in [5, 5.41) is 0. The third-order valence-electron chi connectivity index (χ3n) is 4.01. The van der Waals surface area contributed by atoms with Crippen LogP contribution in [0, 0.1) is 5.95 Å². The number of hydrogen-bond acceptors (Lipinski definition) is 5. The van der Waals surface area contributed by atoms with Gasteiger partial charge in [-0.1, -0.05) is 30.3 Å². The Morgan fingerprint density at radius 2 is 1.96 bits per heavy atom. The van der Waals surface area contributed by atoms with Crippen LogP contribution in [0.15, 0.2) is 58.3 Å². The maximum absolute atomic E-state index is 13.3. The van der Waals surface area contributed by atoms with Crippen molar-refractivity contribution in [1.82, 2.24) is 14.5 Å². The number of carbonyl (C=O) groups is 1. The summed E-state index contributed by atoms with van der Waals surface area (Å²) in [7, 11) is 1.32. The molecule has 0 aliphatic rings. The molecule has 138 valence electrons. The molecule has 0 bridgehead atoms. The van der Waals surface area contributed by atoms with Crippen molar-refractivity contribution in [3.8, 4) is 0 Å². The number of benzene rings is 1. The molecule has 0 atom stereocenters. The molecule has 8 nitrogen and oxygen atoms in total. The van der Waals surface area contributed by atoms with Crippen molar-refractivity contribution in [1.29, 1.82) is 0 Å². The van der Waals surface area contributed by atoms with Gasteiger partial charge in [0, 0.05) is 24.9 Å². The quantitative estimate of drug-likeness (QED) is 0.666. The fourth-order valence-electron chi connectivity index (χ4n) is 2.66. The summed E-state index contributed by atoms with van der Waals surface area (Å²) in [6, 6.07) is 11.3. The van der Waals surface area contributed by atoms with E-state index in [2.05, 4.69) is 9.97 Å². The van der Waals surface area contributed by atoms with E-state index < -0.39 is 23.1 Å². The number of aromatic amines is 1. The third kappa shape index (κ3) is 3.61. The summed E-state index contributed by atoms with van der Waals surface area (Å²) in [4.78, 5) is 43.6. The molecular formula is C18H16FN5O3. The third-order valence-corrected chi connectivity index (χ3v) is 4.01. The lowest BCUT2D eigenvalue weighted by Gasteiger charge is -2.20. The SMILES string of the molecule is CN(C(=O)c1ccnc(F)c1)c1c(N)n(Cc2ccccc2)c(=O)[nH]c1=O. The number of nitrogens with zero attached hydrogens (tertiary/aromatic N) is 3. The van der Waals surface area contributed by atoms with E-state index in [9.17, 15) is 18.8 Å². The van der Waals surface area contributed by atoms with Gasteiger partial charge in [-0.15, -0.1) is 0 Å². The zero-order chi connectivity index (χ0) is 19.6. The molecule has 27 heavy (non-hydrogen) atoms. The van der Waals surface area contributed by atoms with Crippen LogP contribution in [0.1, 0.15) is 15.9 Å². The van der Waals surface area contributed by atoms with Crippen molar-refractivity contribution in [3.05, 3.63) is 86.6 Å². The first kappa shape index (κ1) is 18.1. The van der Waals surface area contributed by atoms with Gasteiger partial charge >= 0.3 is 5.69 Å². The van der Waals surface area contributed by atoms with Gasteiger partial charge in [-0.3, -0.25) is 19.1 Å². The molecule has 3 aromatic rings. The molecule has 0 saturated carbocycles. The van der Waals surface area contributed by atoms with Crippen molar-refractivity contribution >= 4 is 17.4 Å².